The number of hydrogen-bond donors (Lipinski definition) is 2. The van der Waals surface area contributed by atoms with Gasteiger partial charge in [-0.3, -0.25) is 4.79 Å². The maximum atomic E-state index is 12.9. The van der Waals surface area contributed by atoms with E-state index in [-0.39, 0.29) is 24.2 Å². The number of benzene rings is 1. The lowest BCUT2D eigenvalue weighted by Gasteiger charge is -2.19. The minimum atomic E-state index is -0.376. The van der Waals surface area contributed by atoms with Crippen LogP contribution in [0.4, 0.5) is 5.95 Å². The SMILES string of the molecule is CCN(CC)CCON=C(c1ccc2c(c1)OCO2)c1nc(N)nc2sc(C(=O)NC(C)(C)C)cc12. The maximum absolute atomic E-state index is 12.9. The number of fused-ring (bicyclic) bond motifs is 2. The smallest absolute Gasteiger partial charge is 0.261 e. The van der Waals surface area contributed by atoms with Crippen LogP contribution in [0.3, 0.4) is 0 Å². The van der Waals surface area contributed by atoms with Gasteiger partial charge in [0.1, 0.15) is 22.8 Å². The zero-order valence-corrected chi connectivity index (χ0v) is 22.1. The highest BCUT2D eigenvalue weighted by atomic mass is 32.1. The molecule has 0 radical (unpaired) electrons. The number of amides is 1. The lowest BCUT2D eigenvalue weighted by Crippen LogP contribution is -2.40. The molecule has 0 aliphatic carbocycles. The Bertz CT molecular complexity index is 1280. The number of carbonyl (C=O) groups excluding carboxylic acids is 1. The molecule has 11 heteroatoms. The summed E-state index contributed by atoms with van der Waals surface area (Å²) < 4.78 is 11.0. The zero-order chi connectivity index (χ0) is 25.9. The average molecular weight is 513 g/mol. The third-order valence-corrected chi connectivity index (χ3v) is 6.57. The Morgan fingerprint density at radius 3 is 2.67 bits per heavy atom. The van der Waals surface area contributed by atoms with Gasteiger partial charge in [-0.2, -0.15) is 0 Å². The monoisotopic (exact) mass is 512 g/mol. The molecule has 3 heterocycles. The van der Waals surface area contributed by atoms with Crippen LogP contribution in [0.25, 0.3) is 10.2 Å². The summed E-state index contributed by atoms with van der Waals surface area (Å²) in [7, 11) is 0. The molecule has 36 heavy (non-hydrogen) atoms. The molecule has 4 rings (SSSR count). The number of thiophene rings is 1. The molecule has 0 bridgehead atoms. The van der Waals surface area contributed by atoms with E-state index < -0.39 is 0 Å². The van der Waals surface area contributed by atoms with Crippen LogP contribution in [0.2, 0.25) is 0 Å². The highest BCUT2D eigenvalue weighted by Gasteiger charge is 2.24. The molecule has 1 amide bonds. The molecule has 1 aromatic carbocycles. The Kier molecular flexibility index (Phi) is 7.60. The van der Waals surface area contributed by atoms with Gasteiger partial charge < -0.3 is 30.3 Å². The van der Waals surface area contributed by atoms with E-state index in [0.717, 1.165) is 19.6 Å². The Hall–Kier alpha value is -3.44. The molecule has 1 aliphatic rings. The molecule has 2 aromatic heterocycles. The van der Waals surface area contributed by atoms with Crippen LogP contribution in [0.1, 0.15) is 55.5 Å². The van der Waals surface area contributed by atoms with Gasteiger partial charge >= 0.3 is 0 Å². The molecule has 192 valence electrons. The Balaban J connectivity index is 1.76. The van der Waals surface area contributed by atoms with E-state index in [4.69, 9.17) is 20.0 Å². The highest BCUT2D eigenvalue weighted by Crippen LogP contribution is 2.34. The van der Waals surface area contributed by atoms with Crippen molar-refractivity contribution in [3.05, 3.63) is 40.4 Å². The van der Waals surface area contributed by atoms with Crippen LogP contribution in [-0.4, -0.2) is 65.1 Å². The van der Waals surface area contributed by atoms with E-state index >= 15 is 0 Å². The summed E-state index contributed by atoms with van der Waals surface area (Å²) in [6.07, 6.45) is 0. The predicted molar refractivity (Wildman–Crippen MR) is 141 cm³/mol. The van der Waals surface area contributed by atoms with Gasteiger partial charge in [0.25, 0.3) is 5.91 Å². The second-order valence-corrected chi connectivity index (χ2v) is 10.4. The number of hydrogen-bond acceptors (Lipinski definition) is 10. The van der Waals surface area contributed by atoms with Crippen molar-refractivity contribution in [3.8, 4) is 11.5 Å². The summed E-state index contributed by atoms with van der Waals surface area (Å²) in [5.41, 5.74) is 7.37. The minimum absolute atomic E-state index is 0.0821. The van der Waals surface area contributed by atoms with E-state index in [1.807, 2.05) is 39.0 Å². The first kappa shape index (κ1) is 25.6. The number of likely N-dealkylation sites (N-methyl/N-ethyl adjacent to an activating group) is 1. The highest BCUT2D eigenvalue weighted by molar-refractivity contribution is 7.20. The van der Waals surface area contributed by atoms with Gasteiger partial charge in [-0.25, -0.2) is 9.97 Å². The Labute approximate surface area is 214 Å². The number of nitrogens with zero attached hydrogens (tertiary/aromatic N) is 4. The zero-order valence-electron chi connectivity index (χ0n) is 21.3. The van der Waals surface area contributed by atoms with Crippen LogP contribution in [0.5, 0.6) is 11.5 Å². The van der Waals surface area contributed by atoms with Gasteiger partial charge in [0.15, 0.2) is 11.5 Å². The van der Waals surface area contributed by atoms with E-state index in [1.54, 1.807) is 6.07 Å². The standard InChI is InChI=1S/C25H32N6O4S/c1-6-31(7-2)10-11-35-30-20(15-8-9-17-18(12-15)34-14-33-17)21-16-13-19(22(32)29-25(3,4)5)36-23(16)28-24(26)27-21/h8-9,12-13H,6-7,10-11,14H2,1-5H3,(H,29,32)(H2,26,27,28). The molecule has 1 aliphatic heterocycles. The summed E-state index contributed by atoms with van der Waals surface area (Å²) in [6, 6.07) is 7.29. The number of nitrogens with one attached hydrogen (secondary N) is 1. The van der Waals surface area contributed by atoms with Crippen molar-refractivity contribution in [2.75, 3.05) is 38.8 Å². The topological polar surface area (TPSA) is 124 Å². The molecule has 0 atom stereocenters. The Morgan fingerprint density at radius 2 is 1.94 bits per heavy atom. The molecule has 3 N–H and O–H groups in total. The van der Waals surface area contributed by atoms with Gasteiger partial charge in [0, 0.05) is 23.0 Å². The second-order valence-electron chi connectivity index (χ2n) is 9.33. The number of oxime groups is 1. The average Bonchev–Trinajstić information content (AvgIpc) is 3.46. The minimum Gasteiger partial charge on any atom is -0.454 e. The normalized spacial score (nSPS) is 13.4. The Morgan fingerprint density at radius 1 is 1.19 bits per heavy atom. The number of anilines is 1. The van der Waals surface area contributed by atoms with Gasteiger partial charge in [0.05, 0.1) is 4.88 Å². The van der Waals surface area contributed by atoms with E-state index in [1.165, 1.54) is 11.3 Å². The number of carbonyl (C=O) groups is 1. The van der Waals surface area contributed by atoms with Gasteiger partial charge in [-0.05, 0) is 58.1 Å². The van der Waals surface area contributed by atoms with Crippen LogP contribution >= 0.6 is 11.3 Å². The van der Waals surface area contributed by atoms with Crippen LogP contribution in [0.15, 0.2) is 29.4 Å². The van der Waals surface area contributed by atoms with Crippen molar-refractivity contribution in [1.29, 1.82) is 0 Å². The van der Waals surface area contributed by atoms with Crippen molar-refractivity contribution in [2.45, 2.75) is 40.2 Å². The molecule has 0 unspecified atom stereocenters. The summed E-state index contributed by atoms with van der Waals surface area (Å²) in [6.45, 7) is 13.2. The maximum Gasteiger partial charge on any atom is 0.261 e. The summed E-state index contributed by atoms with van der Waals surface area (Å²) in [4.78, 5) is 30.8. The quantitative estimate of drug-likeness (QED) is 0.253. The lowest BCUT2D eigenvalue weighted by molar-refractivity contribution is 0.0923. The van der Waals surface area contributed by atoms with Crippen LogP contribution < -0.4 is 20.5 Å². The second kappa shape index (κ2) is 10.7. The summed E-state index contributed by atoms with van der Waals surface area (Å²) >= 11 is 1.25. The summed E-state index contributed by atoms with van der Waals surface area (Å²) in [5, 5.41) is 8.14. The number of ether oxygens (including phenoxy) is 2. The number of aromatic nitrogens is 2. The molecule has 10 nitrogen and oxygen atoms in total. The van der Waals surface area contributed by atoms with Crippen molar-refractivity contribution in [2.24, 2.45) is 5.16 Å². The molecule has 0 saturated heterocycles. The third kappa shape index (κ3) is 5.85. The predicted octanol–water partition coefficient (Wildman–Crippen LogP) is 3.64. The van der Waals surface area contributed by atoms with Gasteiger partial charge in [-0.1, -0.05) is 19.0 Å². The molecule has 0 saturated carbocycles. The van der Waals surface area contributed by atoms with Crippen molar-refractivity contribution in [1.82, 2.24) is 20.2 Å². The number of nitrogens with two attached hydrogens (primary N) is 1. The molecule has 0 fully saturated rings. The van der Waals surface area contributed by atoms with E-state index in [0.29, 0.717) is 50.2 Å². The number of rotatable bonds is 9. The van der Waals surface area contributed by atoms with E-state index in [9.17, 15) is 4.79 Å². The van der Waals surface area contributed by atoms with E-state index in [2.05, 4.69) is 39.2 Å². The molecular weight excluding hydrogens is 480 g/mol. The van der Waals surface area contributed by atoms with Crippen molar-refractivity contribution >= 4 is 39.1 Å². The first-order valence-electron chi connectivity index (χ1n) is 11.9. The van der Waals surface area contributed by atoms with Crippen LogP contribution in [-0.2, 0) is 4.84 Å². The van der Waals surface area contributed by atoms with Crippen molar-refractivity contribution in [3.63, 3.8) is 0 Å². The summed E-state index contributed by atoms with van der Waals surface area (Å²) in [5.74, 6) is 1.16. The molecule has 0 spiro atoms. The van der Waals surface area contributed by atoms with Crippen molar-refractivity contribution < 1.29 is 19.1 Å². The fourth-order valence-corrected chi connectivity index (χ4v) is 4.66. The van der Waals surface area contributed by atoms with Gasteiger partial charge in [0.2, 0.25) is 12.7 Å². The molecule has 3 aromatic rings. The first-order chi connectivity index (χ1) is 17.2. The van der Waals surface area contributed by atoms with Gasteiger partial charge in [-0.15, -0.1) is 11.3 Å². The van der Waals surface area contributed by atoms with Crippen LogP contribution in [0, 0.1) is 0 Å². The fraction of sp³-hybridized carbons (Fsp3) is 0.440. The lowest BCUT2D eigenvalue weighted by atomic mass is 10.0. The fourth-order valence-electron chi connectivity index (χ4n) is 3.73. The largest absolute Gasteiger partial charge is 0.454 e. The number of nitrogen functional groups attached to an aromatic ring is 1. The first-order valence-corrected chi connectivity index (χ1v) is 12.7. The third-order valence-electron chi connectivity index (χ3n) is 5.54. The molecular formula is C25H32N6O4S.